The van der Waals surface area contributed by atoms with Crippen LogP contribution in [0.3, 0.4) is 0 Å². The molecule has 0 saturated carbocycles. The molecule has 1 aromatic rings. The average molecular weight is 374 g/mol. The first-order chi connectivity index (χ1) is 11.1. The molecular formula is C17H28ClN3O2S. The summed E-state index contributed by atoms with van der Waals surface area (Å²) in [5, 5.41) is 3.18. The van der Waals surface area contributed by atoms with Crippen molar-refractivity contribution in [1.82, 2.24) is 13.9 Å². The predicted molar refractivity (Wildman–Crippen MR) is 99.6 cm³/mol. The van der Waals surface area contributed by atoms with Crippen molar-refractivity contribution in [2.75, 3.05) is 33.2 Å². The van der Waals surface area contributed by atoms with Gasteiger partial charge < -0.3 is 5.32 Å². The summed E-state index contributed by atoms with van der Waals surface area (Å²) < 4.78 is 29.2. The number of nitrogens with one attached hydrogen (secondary N) is 1. The molecule has 7 heteroatoms. The van der Waals surface area contributed by atoms with Gasteiger partial charge in [-0.05, 0) is 56.3 Å². The molecular weight excluding hydrogens is 346 g/mol. The summed E-state index contributed by atoms with van der Waals surface area (Å²) in [6, 6.07) is 8.16. The quantitative estimate of drug-likeness (QED) is 0.859. The van der Waals surface area contributed by atoms with E-state index < -0.39 is 10.2 Å². The monoisotopic (exact) mass is 373 g/mol. The number of piperidine rings is 1. The third-order valence-electron chi connectivity index (χ3n) is 5.12. The Morgan fingerprint density at radius 1 is 1.08 bits per heavy atom. The molecule has 2 aliphatic heterocycles. The SMILES string of the molecule is CNCCC1CCN(S(=O)(=O)N2CCc3ccccc3C2)CC1.Cl. The molecule has 0 amide bonds. The number of hydrogen-bond acceptors (Lipinski definition) is 3. The third kappa shape index (κ3) is 4.29. The van der Waals surface area contributed by atoms with Crippen LogP contribution in [0.15, 0.2) is 24.3 Å². The summed E-state index contributed by atoms with van der Waals surface area (Å²) in [4.78, 5) is 0. The van der Waals surface area contributed by atoms with Crippen LogP contribution in [0.2, 0.25) is 0 Å². The second-order valence-electron chi connectivity index (χ2n) is 6.59. The maximum Gasteiger partial charge on any atom is 0.282 e. The Kier molecular flexibility index (Phi) is 7.07. The van der Waals surface area contributed by atoms with E-state index in [1.54, 1.807) is 8.61 Å². The lowest BCUT2D eigenvalue weighted by molar-refractivity contribution is 0.242. The lowest BCUT2D eigenvalue weighted by atomic mass is 9.95. The van der Waals surface area contributed by atoms with Crippen LogP contribution in [-0.2, 0) is 23.2 Å². The molecule has 1 aromatic carbocycles. The van der Waals surface area contributed by atoms with Gasteiger partial charge in [0.15, 0.2) is 0 Å². The topological polar surface area (TPSA) is 52.7 Å². The second kappa shape index (κ2) is 8.63. The van der Waals surface area contributed by atoms with E-state index in [9.17, 15) is 8.42 Å². The smallest absolute Gasteiger partial charge is 0.282 e. The number of fused-ring (bicyclic) bond motifs is 1. The summed E-state index contributed by atoms with van der Waals surface area (Å²) in [6.45, 7) is 3.45. The number of benzene rings is 1. The van der Waals surface area contributed by atoms with Gasteiger partial charge in [0.2, 0.25) is 0 Å². The van der Waals surface area contributed by atoms with E-state index in [1.807, 2.05) is 25.2 Å². The van der Waals surface area contributed by atoms with E-state index in [0.717, 1.165) is 37.8 Å². The van der Waals surface area contributed by atoms with E-state index in [1.165, 1.54) is 5.56 Å². The molecule has 0 aliphatic carbocycles. The molecule has 24 heavy (non-hydrogen) atoms. The van der Waals surface area contributed by atoms with E-state index in [0.29, 0.717) is 32.1 Å². The molecule has 3 rings (SSSR count). The summed E-state index contributed by atoms with van der Waals surface area (Å²) >= 11 is 0. The van der Waals surface area contributed by atoms with Crippen LogP contribution in [0.1, 0.15) is 30.4 Å². The molecule has 0 spiro atoms. The molecule has 0 radical (unpaired) electrons. The van der Waals surface area contributed by atoms with Gasteiger partial charge in [0.05, 0.1) is 0 Å². The van der Waals surface area contributed by atoms with Gasteiger partial charge in [-0.1, -0.05) is 24.3 Å². The Morgan fingerprint density at radius 3 is 2.42 bits per heavy atom. The minimum absolute atomic E-state index is 0. The van der Waals surface area contributed by atoms with Crippen LogP contribution in [0.4, 0.5) is 0 Å². The highest BCUT2D eigenvalue weighted by Gasteiger charge is 2.34. The largest absolute Gasteiger partial charge is 0.320 e. The Hall–Kier alpha value is -0.660. The first-order valence-corrected chi connectivity index (χ1v) is 9.97. The van der Waals surface area contributed by atoms with Crippen LogP contribution in [-0.4, -0.2) is 50.3 Å². The van der Waals surface area contributed by atoms with Crippen molar-refractivity contribution in [2.24, 2.45) is 5.92 Å². The highest BCUT2D eigenvalue weighted by Crippen LogP contribution is 2.27. The number of halogens is 1. The fourth-order valence-corrected chi connectivity index (χ4v) is 5.23. The molecule has 0 atom stereocenters. The lowest BCUT2D eigenvalue weighted by Crippen LogP contribution is -2.48. The summed E-state index contributed by atoms with van der Waals surface area (Å²) in [6.07, 6.45) is 3.91. The van der Waals surface area contributed by atoms with Gasteiger partial charge in [-0.2, -0.15) is 17.0 Å². The fraction of sp³-hybridized carbons (Fsp3) is 0.647. The zero-order valence-corrected chi connectivity index (χ0v) is 15.9. The summed E-state index contributed by atoms with van der Waals surface area (Å²) in [5.41, 5.74) is 2.43. The summed E-state index contributed by atoms with van der Waals surface area (Å²) in [5.74, 6) is 0.649. The predicted octanol–water partition coefficient (Wildman–Crippen LogP) is 2.03. The molecule has 2 heterocycles. The van der Waals surface area contributed by atoms with E-state index in [-0.39, 0.29) is 12.4 Å². The maximum absolute atomic E-state index is 12.9. The van der Waals surface area contributed by atoms with Crippen LogP contribution >= 0.6 is 12.4 Å². The van der Waals surface area contributed by atoms with Crippen molar-refractivity contribution in [1.29, 1.82) is 0 Å². The molecule has 0 bridgehead atoms. The Labute approximate surface area is 152 Å². The number of nitrogens with zero attached hydrogens (tertiary/aromatic N) is 2. The van der Waals surface area contributed by atoms with Gasteiger partial charge in [0, 0.05) is 26.2 Å². The molecule has 0 unspecified atom stereocenters. The van der Waals surface area contributed by atoms with Gasteiger partial charge in [0.1, 0.15) is 0 Å². The summed E-state index contributed by atoms with van der Waals surface area (Å²) in [7, 11) is -1.35. The Bertz CT molecular complexity index is 630. The van der Waals surface area contributed by atoms with Crippen molar-refractivity contribution in [2.45, 2.75) is 32.2 Å². The van der Waals surface area contributed by atoms with Crippen LogP contribution in [0.25, 0.3) is 0 Å². The third-order valence-corrected chi connectivity index (χ3v) is 7.11. The van der Waals surface area contributed by atoms with Gasteiger partial charge in [-0.15, -0.1) is 12.4 Å². The van der Waals surface area contributed by atoms with Crippen LogP contribution < -0.4 is 5.32 Å². The standard InChI is InChI=1S/C17H27N3O2S.ClH/c1-18-10-6-15-7-11-19(12-8-15)23(21,22)20-13-9-16-4-2-3-5-17(16)14-20;/h2-5,15,18H,6-14H2,1H3;1H. The molecule has 136 valence electrons. The van der Waals surface area contributed by atoms with Crippen molar-refractivity contribution < 1.29 is 8.42 Å². The maximum atomic E-state index is 12.9. The van der Waals surface area contributed by atoms with Crippen molar-refractivity contribution in [3.8, 4) is 0 Å². The molecule has 2 aliphatic rings. The first kappa shape index (κ1) is 19.7. The molecule has 5 nitrogen and oxygen atoms in total. The van der Waals surface area contributed by atoms with Crippen LogP contribution in [0, 0.1) is 5.92 Å². The highest BCUT2D eigenvalue weighted by atomic mass is 35.5. The molecule has 1 fully saturated rings. The zero-order valence-electron chi connectivity index (χ0n) is 14.3. The fourth-order valence-electron chi connectivity index (χ4n) is 3.61. The van der Waals surface area contributed by atoms with Crippen molar-refractivity contribution in [3.63, 3.8) is 0 Å². The zero-order chi connectivity index (χ0) is 16.3. The molecule has 1 saturated heterocycles. The minimum atomic E-state index is -3.32. The molecule has 0 aromatic heterocycles. The second-order valence-corrected chi connectivity index (χ2v) is 8.52. The van der Waals surface area contributed by atoms with E-state index in [2.05, 4.69) is 11.4 Å². The average Bonchev–Trinajstić information content (AvgIpc) is 2.60. The van der Waals surface area contributed by atoms with Gasteiger partial charge in [-0.25, -0.2) is 0 Å². The highest BCUT2D eigenvalue weighted by molar-refractivity contribution is 7.86. The minimum Gasteiger partial charge on any atom is -0.320 e. The number of rotatable bonds is 5. The van der Waals surface area contributed by atoms with Crippen LogP contribution in [0.5, 0.6) is 0 Å². The first-order valence-electron chi connectivity index (χ1n) is 8.58. The number of hydrogen-bond donors (Lipinski definition) is 1. The normalized spacial score (nSPS) is 20.4. The van der Waals surface area contributed by atoms with Crippen molar-refractivity contribution in [3.05, 3.63) is 35.4 Å². The van der Waals surface area contributed by atoms with Gasteiger partial charge in [-0.3, -0.25) is 0 Å². The van der Waals surface area contributed by atoms with E-state index in [4.69, 9.17) is 0 Å². The van der Waals surface area contributed by atoms with E-state index >= 15 is 0 Å². The van der Waals surface area contributed by atoms with Gasteiger partial charge in [0.25, 0.3) is 10.2 Å². The Morgan fingerprint density at radius 2 is 1.75 bits per heavy atom. The lowest BCUT2D eigenvalue weighted by Gasteiger charge is -2.36. The van der Waals surface area contributed by atoms with Crippen molar-refractivity contribution >= 4 is 22.6 Å². The van der Waals surface area contributed by atoms with Gasteiger partial charge >= 0.3 is 0 Å². The molecule has 1 N–H and O–H groups in total. The Balaban J connectivity index is 0.00000208.